The van der Waals surface area contributed by atoms with Crippen LogP contribution < -0.4 is 0 Å². The van der Waals surface area contributed by atoms with Crippen LogP contribution in [0.5, 0.6) is 0 Å². The van der Waals surface area contributed by atoms with E-state index in [9.17, 15) is 0 Å². The van der Waals surface area contributed by atoms with Crippen LogP contribution in [0.3, 0.4) is 0 Å². The maximum absolute atomic E-state index is 8.42. The molecule has 1 atom stereocenters. The smallest absolute Gasteiger partial charge is 0.183 e. The van der Waals surface area contributed by atoms with Crippen molar-refractivity contribution in [2.24, 2.45) is 5.92 Å². The molecule has 2 nitrogen and oxygen atoms in total. The molecule has 0 aliphatic heterocycles. The lowest BCUT2D eigenvalue weighted by Crippen LogP contribution is -2.27. The first-order chi connectivity index (χ1) is 4.45. The number of nitriles is 1. The number of rotatable bonds is 3. The average molecular weight is 157 g/mol. The minimum atomic E-state index is -1.39. The Morgan fingerprint density at radius 3 is 2.30 bits per heavy atom. The van der Waals surface area contributed by atoms with Crippen molar-refractivity contribution in [3.8, 4) is 6.07 Å². The fraction of sp³-hybridized carbons (Fsp3) is 0.857. The van der Waals surface area contributed by atoms with Crippen molar-refractivity contribution in [3.63, 3.8) is 0 Å². The largest absolute Gasteiger partial charge is 0.416 e. The first-order valence-corrected chi connectivity index (χ1v) is 6.90. The fourth-order valence-electron chi connectivity index (χ4n) is 0.412. The van der Waals surface area contributed by atoms with Gasteiger partial charge in [0.1, 0.15) is 0 Å². The lowest BCUT2D eigenvalue weighted by molar-refractivity contribution is 0.282. The molecule has 1 unspecified atom stereocenters. The molecular weight excluding hydrogens is 142 g/mol. The molecule has 3 heteroatoms. The van der Waals surface area contributed by atoms with E-state index in [1.54, 1.807) is 0 Å². The van der Waals surface area contributed by atoms with Gasteiger partial charge in [-0.25, -0.2) is 0 Å². The van der Waals surface area contributed by atoms with Gasteiger partial charge in [-0.3, -0.25) is 0 Å². The molecule has 0 aliphatic carbocycles. The molecule has 0 aromatic carbocycles. The van der Waals surface area contributed by atoms with Gasteiger partial charge in [-0.2, -0.15) is 5.26 Å². The summed E-state index contributed by atoms with van der Waals surface area (Å²) in [5, 5.41) is 8.42. The molecule has 0 saturated heterocycles. The maximum Gasteiger partial charge on any atom is 0.183 e. The van der Waals surface area contributed by atoms with Crippen molar-refractivity contribution in [2.75, 3.05) is 6.61 Å². The van der Waals surface area contributed by atoms with Crippen LogP contribution in [0.1, 0.15) is 6.92 Å². The molecule has 0 aromatic rings. The fourth-order valence-corrected chi connectivity index (χ4v) is 1.16. The van der Waals surface area contributed by atoms with E-state index in [2.05, 4.69) is 25.7 Å². The molecule has 0 saturated carbocycles. The van der Waals surface area contributed by atoms with Crippen LogP contribution in [0.4, 0.5) is 0 Å². The highest BCUT2D eigenvalue weighted by Gasteiger charge is 2.14. The summed E-state index contributed by atoms with van der Waals surface area (Å²) in [7, 11) is -1.39. The topological polar surface area (TPSA) is 33.0 Å². The standard InChI is InChI=1S/C7H15NOSi/c1-7(5-8)6-9-10(2,3)4/h7H,6H2,1-4H3. The second-order valence-electron chi connectivity index (χ2n) is 3.45. The molecule has 58 valence electrons. The van der Waals surface area contributed by atoms with E-state index < -0.39 is 8.32 Å². The van der Waals surface area contributed by atoms with E-state index in [-0.39, 0.29) is 5.92 Å². The molecule has 0 bridgehead atoms. The summed E-state index contributed by atoms with van der Waals surface area (Å²) in [6.45, 7) is 8.83. The van der Waals surface area contributed by atoms with E-state index in [4.69, 9.17) is 9.69 Å². The van der Waals surface area contributed by atoms with Crippen LogP contribution >= 0.6 is 0 Å². The van der Waals surface area contributed by atoms with Crippen molar-refractivity contribution in [3.05, 3.63) is 0 Å². The Kier molecular flexibility index (Phi) is 3.62. The Balaban J connectivity index is 3.48. The van der Waals surface area contributed by atoms with Gasteiger partial charge in [-0.15, -0.1) is 0 Å². The Bertz CT molecular complexity index is 134. The molecule has 0 heterocycles. The number of nitrogens with zero attached hydrogens (tertiary/aromatic N) is 1. The van der Waals surface area contributed by atoms with Crippen LogP contribution in [0.2, 0.25) is 19.6 Å². The normalized spacial score (nSPS) is 14.3. The van der Waals surface area contributed by atoms with Gasteiger partial charge in [0, 0.05) is 6.61 Å². The Labute approximate surface area is 63.9 Å². The highest BCUT2D eigenvalue weighted by molar-refractivity contribution is 6.69. The summed E-state index contributed by atoms with van der Waals surface area (Å²) in [5.74, 6) is 0.0340. The van der Waals surface area contributed by atoms with E-state index in [1.165, 1.54) is 0 Å². The summed E-state index contributed by atoms with van der Waals surface area (Å²) in [6.07, 6.45) is 0. The van der Waals surface area contributed by atoms with E-state index in [0.29, 0.717) is 6.61 Å². The van der Waals surface area contributed by atoms with Crippen molar-refractivity contribution < 1.29 is 4.43 Å². The molecule has 0 radical (unpaired) electrons. The van der Waals surface area contributed by atoms with Crippen LogP contribution in [0, 0.1) is 17.2 Å². The molecule has 0 spiro atoms. The van der Waals surface area contributed by atoms with Gasteiger partial charge >= 0.3 is 0 Å². The third-order valence-corrected chi connectivity index (χ3v) is 2.02. The first-order valence-electron chi connectivity index (χ1n) is 3.49. The monoisotopic (exact) mass is 157 g/mol. The minimum Gasteiger partial charge on any atom is -0.416 e. The third-order valence-electron chi connectivity index (χ3n) is 0.987. The second-order valence-corrected chi connectivity index (χ2v) is 7.97. The van der Waals surface area contributed by atoms with E-state index >= 15 is 0 Å². The van der Waals surface area contributed by atoms with Gasteiger partial charge < -0.3 is 4.43 Å². The molecule has 0 aliphatic rings. The van der Waals surface area contributed by atoms with Gasteiger partial charge in [-0.05, 0) is 26.6 Å². The first kappa shape index (κ1) is 9.67. The van der Waals surface area contributed by atoms with Gasteiger partial charge in [0.15, 0.2) is 8.32 Å². The lowest BCUT2D eigenvalue weighted by atomic mass is 10.2. The maximum atomic E-state index is 8.42. The van der Waals surface area contributed by atoms with Gasteiger partial charge in [0.05, 0.1) is 12.0 Å². The quantitative estimate of drug-likeness (QED) is 0.587. The van der Waals surface area contributed by atoms with Crippen LogP contribution in [0.25, 0.3) is 0 Å². The lowest BCUT2D eigenvalue weighted by Gasteiger charge is -2.17. The zero-order valence-electron chi connectivity index (χ0n) is 7.14. The summed E-state index contributed by atoms with van der Waals surface area (Å²) >= 11 is 0. The zero-order valence-corrected chi connectivity index (χ0v) is 8.14. The Morgan fingerprint density at radius 2 is 2.00 bits per heavy atom. The van der Waals surface area contributed by atoms with E-state index in [1.807, 2.05) is 6.92 Å². The van der Waals surface area contributed by atoms with Crippen LogP contribution in [-0.2, 0) is 4.43 Å². The predicted molar refractivity (Wildman–Crippen MR) is 44.1 cm³/mol. The van der Waals surface area contributed by atoms with Crippen LogP contribution in [0.15, 0.2) is 0 Å². The molecule has 0 fully saturated rings. The number of hydrogen-bond acceptors (Lipinski definition) is 2. The predicted octanol–water partition coefficient (Wildman–Crippen LogP) is 2.00. The number of hydrogen-bond donors (Lipinski definition) is 0. The summed E-state index contributed by atoms with van der Waals surface area (Å²) in [5.41, 5.74) is 0. The Hall–Kier alpha value is -0.333. The highest BCUT2D eigenvalue weighted by atomic mass is 28.4. The third kappa shape index (κ3) is 5.80. The van der Waals surface area contributed by atoms with Crippen molar-refractivity contribution in [2.45, 2.75) is 26.6 Å². The van der Waals surface area contributed by atoms with Gasteiger partial charge in [0.2, 0.25) is 0 Å². The minimum absolute atomic E-state index is 0.0340. The second kappa shape index (κ2) is 3.74. The average Bonchev–Trinajstić information content (AvgIpc) is 1.81. The molecule has 0 aromatic heterocycles. The van der Waals surface area contributed by atoms with Crippen LogP contribution in [-0.4, -0.2) is 14.9 Å². The molecule has 0 N–H and O–H groups in total. The van der Waals surface area contributed by atoms with Crippen molar-refractivity contribution >= 4 is 8.32 Å². The molecule has 10 heavy (non-hydrogen) atoms. The highest BCUT2D eigenvalue weighted by Crippen LogP contribution is 2.04. The Morgan fingerprint density at radius 1 is 1.50 bits per heavy atom. The SMILES string of the molecule is CC(C#N)CO[Si](C)(C)C. The van der Waals surface area contributed by atoms with Gasteiger partial charge in [-0.1, -0.05) is 0 Å². The zero-order chi connectivity index (χ0) is 8.20. The van der Waals surface area contributed by atoms with E-state index in [0.717, 1.165) is 0 Å². The van der Waals surface area contributed by atoms with Gasteiger partial charge in [0.25, 0.3) is 0 Å². The summed E-state index contributed by atoms with van der Waals surface area (Å²) < 4.78 is 5.50. The van der Waals surface area contributed by atoms with Crippen molar-refractivity contribution in [1.29, 1.82) is 5.26 Å². The molecule has 0 amide bonds. The summed E-state index contributed by atoms with van der Waals surface area (Å²) in [4.78, 5) is 0. The van der Waals surface area contributed by atoms with Crippen molar-refractivity contribution in [1.82, 2.24) is 0 Å². The molecular formula is C7H15NOSi. The summed E-state index contributed by atoms with van der Waals surface area (Å²) in [6, 6.07) is 2.13. The molecule has 0 rings (SSSR count).